The van der Waals surface area contributed by atoms with Gasteiger partial charge in [-0.25, -0.2) is 9.86 Å². The molecule has 1 unspecified atom stereocenters. The van der Waals surface area contributed by atoms with Crippen LogP contribution in [-0.2, 0) is 14.4 Å². The van der Waals surface area contributed by atoms with E-state index in [1.165, 1.54) is 23.3 Å². The Balaban J connectivity index is 1.43. The summed E-state index contributed by atoms with van der Waals surface area (Å²) in [5.41, 5.74) is 2.46. The van der Waals surface area contributed by atoms with Crippen molar-refractivity contribution in [3.8, 4) is 5.75 Å². The number of ether oxygens (including phenoxy) is 2. The Hall–Kier alpha value is -2.54. The van der Waals surface area contributed by atoms with Crippen LogP contribution in [0.5, 0.6) is 5.75 Å². The first-order chi connectivity index (χ1) is 15.4. The van der Waals surface area contributed by atoms with Crippen LogP contribution in [0.1, 0.15) is 51.5 Å². The highest BCUT2D eigenvalue weighted by molar-refractivity contribution is 5.79. The molecular formula is C25H36N2O5. The van der Waals surface area contributed by atoms with Crippen molar-refractivity contribution in [2.45, 2.75) is 52.1 Å². The van der Waals surface area contributed by atoms with Gasteiger partial charge in [0.15, 0.2) is 0 Å². The number of nitrogens with zero attached hydrogens (tertiary/aromatic N) is 2. The molecule has 1 saturated heterocycles. The molecule has 1 aromatic rings. The Labute approximate surface area is 191 Å². The number of likely N-dealkylation sites (tertiary alicyclic amines) is 1. The van der Waals surface area contributed by atoms with E-state index in [-0.39, 0.29) is 24.0 Å². The van der Waals surface area contributed by atoms with Gasteiger partial charge in [-0.3, -0.25) is 9.63 Å². The third-order valence-corrected chi connectivity index (χ3v) is 6.26. The molecule has 1 fully saturated rings. The summed E-state index contributed by atoms with van der Waals surface area (Å²) < 4.78 is 11.3. The van der Waals surface area contributed by atoms with Crippen LogP contribution >= 0.6 is 0 Å². The predicted molar refractivity (Wildman–Crippen MR) is 123 cm³/mol. The van der Waals surface area contributed by atoms with E-state index >= 15 is 0 Å². The van der Waals surface area contributed by atoms with E-state index in [2.05, 4.69) is 18.2 Å². The maximum Gasteiger partial charge on any atom is 0.410 e. The lowest BCUT2D eigenvalue weighted by Crippen LogP contribution is -2.40. The summed E-state index contributed by atoms with van der Waals surface area (Å²) in [7, 11) is 3.17. The van der Waals surface area contributed by atoms with Gasteiger partial charge in [0.1, 0.15) is 5.75 Å². The van der Waals surface area contributed by atoms with Gasteiger partial charge in [0.05, 0.1) is 19.8 Å². The summed E-state index contributed by atoms with van der Waals surface area (Å²) in [5.74, 6) is 1.33. The summed E-state index contributed by atoms with van der Waals surface area (Å²) in [5, 5.41) is 1.32. The van der Waals surface area contributed by atoms with Crippen molar-refractivity contribution in [3.05, 3.63) is 35.9 Å². The Bertz CT molecular complexity index is 797. The van der Waals surface area contributed by atoms with Crippen molar-refractivity contribution >= 4 is 17.6 Å². The third kappa shape index (κ3) is 6.48. The Morgan fingerprint density at radius 2 is 1.81 bits per heavy atom. The summed E-state index contributed by atoms with van der Waals surface area (Å²) in [4.78, 5) is 31.0. The minimum absolute atomic E-state index is 0.00930. The first-order valence-corrected chi connectivity index (χ1v) is 11.6. The molecule has 3 rings (SSSR count). The van der Waals surface area contributed by atoms with Crippen molar-refractivity contribution in [1.29, 1.82) is 0 Å². The van der Waals surface area contributed by atoms with Crippen LogP contribution in [-0.4, -0.2) is 61.9 Å². The monoisotopic (exact) mass is 444 g/mol. The second-order valence-corrected chi connectivity index (χ2v) is 8.92. The molecule has 0 radical (unpaired) electrons. The first-order valence-electron chi connectivity index (χ1n) is 11.6. The summed E-state index contributed by atoms with van der Waals surface area (Å²) >= 11 is 0. The molecule has 1 aliphatic heterocycles. The number of carbonyl (C=O) groups excluding carboxylic acids is 2. The molecule has 7 heteroatoms. The topological polar surface area (TPSA) is 68.3 Å². The standard InChI is InChI=1S/C25H36N2O5/c1-18(2)32-25(29)27-15-13-19(14-16-27)17-31-23-11-9-21(10-12-23)20-5-7-22(8-6-20)24(28)26(3)30-4/h5,9-12,18-19,22H,6-8,13-17H2,1-4H3. The number of carbonyl (C=O) groups is 2. The molecule has 1 aliphatic carbocycles. The molecule has 0 aromatic heterocycles. The van der Waals surface area contributed by atoms with Crippen molar-refractivity contribution < 1.29 is 23.9 Å². The lowest BCUT2D eigenvalue weighted by Gasteiger charge is -2.31. The van der Waals surface area contributed by atoms with Crippen LogP contribution in [0.2, 0.25) is 0 Å². The molecule has 1 aromatic carbocycles. The SMILES string of the molecule is CON(C)C(=O)C1CC=C(c2ccc(OCC3CCN(C(=O)OC(C)C)CC3)cc2)CC1. The molecule has 2 amide bonds. The lowest BCUT2D eigenvalue weighted by molar-refractivity contribution is -0.173. The Kier molecular flexibility index (Phi) is 8.56. The Morgan fingerprint density at radius 1 is 1.12 bits per heavy atom. The number of amides is 2. The highest BCUT2D eigenvalue weighted by atomic mass is 16.7. The molecular weight excluding hydrogens is 408 g/mol. The molecule has 176 valence electrons. The van der Waals surface area contributed by atoms with Crippen LogP contribution in [0.3, 0.4) is 0 Å². The quantitative estimate of drug-likeness (QED) is 0.578. The zero-order valence-corrected chi connectivity index (χ0v) is 19.7. The van der Waals surface area contributed by atoms with E-state index in [0.29, 0.717) is 12.5 Å². The van der Waals surface area contributed by atoms with Crippen molar-refractivity contribution in [1.82, 2.24) is 9.96 Å². The van der Waals surface area contributed by atoms with Gasteiger partial charge in [-0.15, -0.1) is 0 Å². The highest BCUT2D eigenvalue weighted by Crippen LogP contribution is 2.32. The molecule has 7 nitrogen and oxygen atoms in total. The maximum atomic E-state index is 12.2. The summed E-state index contributed by atoms with van der Waals surface area (Å²) in [6.45, 7) is 5.83. The fraction of sp³-hybridized carbons (Fsp3) is 0.600. The average Bonchev–Trinajstić information content (AvgIpc) is 2.82. The van der Waals surface area contributed by atoms with Gasteiger partial charge < -0.3 is 14.4 Å². The van der Waals surface area contributed by atoms with E-state index in [1.807, 2.05) is 26.0 Å². The normalized spacial score (nSPS) is 19.5. The molecule has 0 saturated carbocycles. The minimum Gasteiger partial charge on any atom is -0.493 e. The zero-order valence-electron chi connectivity index (χ0n) is 19.7. The van der Waals surface area contributed by atoms with Gasteiger partial charge in [-0.05, 0) is 75.1 Å². The van der Waals surface area contributed by atoms with E-state index < -0.39 is 0 Å². The van der Waals surface area contributed by atoms with Gasteiger partial charge in [-0.1, -0.05) is 18.2 Å². The lowest BCUT2D eigenvalue weighted by atomic mass is 9.86. The van der Waals surface area contributed by atoms with Crippen LogP contribution < -0.4 is 4.74 Å². The number of rotatable bonds is 7. The molecule has 0 spiro atoms. The number of piperidine rings is 1. The van der Waals surface area contributed by atoms with Crippen LogP contribution in [0, 0.1) is 11.8 Å². The van der Waals surface area contributed by atoms with Crippen LogP contribution in [0.25, 0.3) is 5.57 Å². The maximum absolute atomic E-state index is 12.2. The second-order valence-electron chi connectivity index (χ2n) is 8.92. The predicted octanol–water partition coefficient (Wildman–Crippen LogP) is 4.53. The molecule has 2 aliphatic rings. The van der Waals surface area contributed by atoms with Gasteiger partial charge >= 0.3 is 6.09 Å². The second kappa shape index (κ2) is 11.4. The fourth-order valence-corrected chi connectivity index (χ4v) is 4.21. The van der Waals surface area contributed by atoms with Gasteiger partial charge in [0.2, 0.25) is 5.91 Å². The highest BCUT2D eigenvalue weighted by Gasteiger charge is 2.26. The molecule has 0 N–H and O–H groups in total. The van der Waals surface area contributed by atoms with Crippen LogP contribution in [0.15, 0.2) is 30.3 Å². The number of hydrogen-bond acceptors (Lipinski definition) is 5. The number of hydroxylamine groups is 2. The first kappa shape index (κ1) is 24.1. The summed E-state index contributed by atoms with van der Waals surface area (Å²) in [6.07, 6.45) is 6.18. The Morgan fingerprint density at radius 3 is 2.38 bits per heavy atom. The van der Waals surface area contributed by atoms with Gasteiger partial charge in [-0.2, -0.15) is 0 Å². The van der Waals surface area contributed by atoms with E-state index in [9.17, 15) is 9.59 Å². The van der Waals surface area contributed by atoms with Crippen molar-refractivity contribution in [2.24, 2.45) is 11.8 Å². The number of benzene rings is 1. The van der Waals surface area contributed by atoms with Crippen molar-refractivity contribution in [3.63, 3.8) is 0 Å². The smallest absolute Gasteiger partial charge is 0.410 e. The number of allylic oxidation sites excluding steroid dienone is 2. The largest absolute Gasteiger partial charge is 0.493 e. The molecule has 1 heterocycles. The zero-order chi connectivity index (χ0) is 23.1. The molecule has 1 atom stereocenters. The number of hydrogen-bond donors (Lipinski definition) is 0. The van der Waals surface area contributed by atoms with Gasteiger partial charge in [0.25, 0.3) is 0 Å². The summed E-state index contributed by atoms with van der Waals surface area (Å²) in [6, 6.07) is 8.22. The molecule has 0 bridgehead atoms. The third-order valence-electron chi connectivity index (χ3n) is 6.26. The molecule has 32 heavy (non-hydrogen) atoms. The minimum atomic E-state index is -0.214. The fourth-order valence-electron chi connectivity index (χ4n) is 4.21. The van der Waals surface area contributed by atoms with Crippen LogP contribution in [0.4, 0.5) is 4.79 Å². The van der Waals surface area contributed by atoms with E-state index in [1.54, 1.807) is 11.9 Å². The van der Waals surface area contributed by atoms with Crippen molar-refractivity contribution in [2.75, 3.05) is 33.9 Å². The average molecular weight is 445 g/mol. The van der Waals surface area contributed by atoms with E-state index in [0.717, 1.165) is 50.9 Å². The van der Waals surface area contributed by atoms with E-state index in [4.69, 9.17) is 14.3 Å². The van der Waals surface area contributed by atoms with Gasteiger partial charge in [0, 0.05) is 26.1 Å².